The number of aryl methyl sites for hydroxylation is 1. The van der Waals surface area contributed by atoms with Gasteiger partial charge < -0.3 is 19.5 Å². The first-order valence-electron chi connectivity index (χ1n) is 13.8. The number of hydrogen-bond donors (Lipinski definition) is 1. The number of rotatable bonds is 11. The van der Waals surface area contributed by atoms with E-state index >= 15 is 0 Å². The van der Waals surface area contributed by atoms with Crippen LogP contribution in [0, 0.1) is 6.92 Å². The summed E-state index contributed by atoms with van der Waals surface area (Å²) in [5.41, 5.74) is 5.03. The van der Waals surface area contributed by atoms with E-state index in [1.165, 1.54) is 11.8 Å². The predicted octanol–water partition coefficient (Wildman–Crippen LogP) is 8.12. The highest BCUT2D eigenvalue weighted by molar-refractivity contribution is 9.10. The molecule has 3 aromatic carbocycles. The van der Waals surface area contributed by atoms with Crippen molar-refractivity contribution in [2.24, 2.45) is 0 Å². The summed E-state index contributed by atoms with van der Waals surface area (Å²) in [6.45, 7) is 6.53. The Labute approximate surface area is 268 Å². The van der Waals surface area contributed by atoms with Crippen molar-refractivity contribution >= 4 is 51.2 Å². The van der Waals surface area contributed by atoms with Gasteiger partial charge in [-0.1, -0.05) is 78.3 Å². The first-order valence-corrected chi connectivity index (χ1v) is 16.0. The fraction of sp³-hybridized carbons (Fsp3) is 0.281. The highest BCUT2D eigenvalue weighted by Crippen LogP contribution is 2.43. The molecule has 1 aromatic heterocycles. The molecule has 0 aliphatic carbocycles. The van der Waals surface area contributed by atoms with Crippen molar-refractivity contribution < 1.29 is 19.0 Å². The van der Waals surface area contributed by atoms with E-state index in [4.69, 9.17) is 35.9 Å². The van der Waals surface area contributed by atoms with Gasteiger partial charge in [-0.3, -0.25) is 0 Å². The van der Waals surface area contributed by atoms with Crippen molar-refractivity contribution in [2.75, 3.05) is 19.0 Å². The summed E-state index contributed by atoms with van der Waals surface area (Å²) in [6, 6.07) is 19.0. The van der Waals surface area contributed by atoms with Gasteiger partial charge in [-0.05, 0) is 71.1 Å². The Morgan fingerprint density at radius 2 is 1.95 bits per heavy atom. The van der Waals surface area contributed by atoms with Crippen LogP contribution in [0.5, 0.6) is 11.5 Å². The van der Waals surface area contributed by atoms with Crippen molar-refractivity contribution in [3.63, 3.8) is 0 Å². The number of allylic oxidation sites excluding steroid dienone is 1. The fourth-order valence-corrected chi connectivity index (χ4v) is 6.48. The second-order valence-corrected chi connectivity index (χ2v) is 12.3. The van der Waals surface area contributed by atoms with Gasteiger partial charge in [0.05, 0.1) is 23.8 Å². The summed E-state index contributed by atoms with van der Waals surface area (Å²) < 4.78 is 20.0. The van der Waals surface area contributed by atoms with Gasteiger partial charge in [0.2, 0.25) is 11.1 Å². The minimum Gasteiger partial charge on any atom is -0.493 e. The van der Waals surface area contributed by atoms with E-state index in [0.29, 0.717) is 68.8 Å². The second kappa shape index (κ2) is 13.9. The van der Waals surface area contributed by atoms with Crippen molar-refractivity contribution in [3.8, 4) is 11.5 Å². The van der Waals surface area contributed by atoms with Crippen LogP contribution in [0.25, 0.3) is 0 Å². The van der Waals surface area contributed by atoms with Crippen LogP contribution in [-0.2, 0) is 21.9 Å². The van der Waals surface area contributed by atoms with E-state index in [1.807, 2.05) is 75.4 Å². The highest BCUT2D eigenvalue weighted by Gasteiger charge is 2.36. The Bertz CT molecular complexity index is 1680. The summed E-state index contributed by atoms with van der Waals surface area (Å²) in [5, 5.41) is 9.32. The molecule has 1 unspecified atom stereocenters. The molecule has 0 bridgehead atoms. The normalized spacial score (nSPS) is 14.2. The molecular weight excluding hydrogens is 652 g/mol. The number of halogens is 2. The topological polar surface area (TPSA) is 87.5 Å². The Hall–Kier alpha value is -3.47. The quantitative estimate of drug-likeness (QED) is 0.125. The number of nitrogens with zero attached hydrogens (tertiary/aromatic N) is 3. The molecule has 43 heavy (non-hydrogen) atoms. The van der Waals surface area contributed by atoms with Crippen LogP contribution >= 0.6 is 39.3 Å². The van der Waals surface area contributed by atoms with Gasteiger partial charge in [0.15, 0.2) is 11.5 Å². The number of thioether (sulfide) groups is 1. The van der Waals surface area contributed by atoms with E-state index < -0.39 is 12.0 Å². The van der Waals surface area contributed by atoms with Gasteiger partial charge in [-0.2, -0.15) is 4.98 Å². The molecule has 0 saturated heterocycles. The second-order valence-electron chi connectivity index (χ2n) is 10.1. The molecule has 0 radical (unpaired) electrons. The third kappa shape index (κ3) is 7.03. The summed E-state index contributed by atoms with van der Waals surface area (Å²) in [6.07, 6.45) is 0.708. The molecule has 2 heterocycles. The molecule has 0 amide bonds. The summed E-state index contributed by atoms with van der Waals surface area (Å²) in [7, 11) is 1.59. The maximum absolute atomic E-state index is 13.4. The number of hydrogen-bond acceptors (Lipinski definition) is 8. The number of carbonyl (C=O) groups excluding carboxylic acids is 1. The van der Waals surface area contributed by atoms with E-state index in [1.54, 1.807) is 11.8 Å². The summed E-state index contributed by atoms with van der Waals surface area (Å²) in [4.78, 5) is 18.2. The van der Waals surface area contributed by atoms with Crippen molar-refractivity contribution in [1.82, 2.24) is 14.8 Å². The first kappa shape index (κ1) is 31.0. The SMILES string of the molecule is CCCOC(=O)C1=C(C)Nc2nc(SCc3ccccc3Cl)nn2C1c1cc(Br)c(OCc2cccc(C)c2)c(OC)c1. The molecule has 0 fully saturated rings. The number of anilines is 1. The molecule has 1 atom stereocenters. The maximum Gasteiger partial charge on any atom is 0.338 e. The minimum absolute atomic E-state index is 0.310. The van der Waals surface area contributed by atoms with E-state index in [-0.39, 0.29) is 0 Å². The molecule has 4 aromatic rings. The average Bonchev–Trinajstić information content (AvgIpc) is 3.40. The van der Waals surface area contributed by atoms with E-state index in [2.05, 4.69) is 27.3 Å². The van der Waals surface area contributed by atoms with E-state index in [0.717, 1.165) is 22.3 Å². The van der Waals surface area contributed by atoms with Crippen LogP contribution in [0.3, 0.4) is 0 Å². The summed E-state index contributed by atoms with van der Waals surface area (Å²) >= 11 is 11.5. The molecular formula is C32H32BrClN4O4S. The largest absolute Gasteiger partial charge is 0.493 e. The Morgan fingerprint density at radius 1 is 1.14 bits per heavy atom. The van der Waals surface area contributed by atoms with Crippen LogP contribution in [0.15, 0.2) is 81.6 Å². The van der Waals surface area contributed by atoms with Gasteiger partial charge in [0.25, 0.3) is 0 Å². The Morgan fingerprint density at radius 3 is 2.70 bits per heavy atom. The van der Waals surface area contributed by atoms with Gasteiger partial charge >= 0.3 is 5.97 Å². The molecule has 1 aliphatic rings. The number of fused-ring (bicyclic) bond motifs is 1. The molecule has 8 nitrogen and oxygen atoms in total. The molecule has 224 valence electrons. The lowest BCUT2D eigenvalue weighted by molar-refractivity contribution is -0.139. The number of nitrogens with one attached hydrogen (secondary N) is 1. The molecule has 0 spiro atoms. The molecule has 0 saturated carbocycles. The van der Waals surface area contributed by atoms with Crippen molar-refractivity contribution in [2.45, 2.75) is 50.8 Å². The minimum atomic E-state index is -0.626. The maximum atomic E-state index is 13.4. The number of esters is 1. The standard InChI is InChI=1S/C32H32BrClN4O4S/c1-5-13-41-30(39)27-20(3)35-31-36-32(43-18-22-11-6-7-12-25(22)34)37-38(31)28(27)23-15-24(33)29(26(16-23)40-4)42-17-21-10-8-9-19(2)14-21/h6-12,14-16,28H,5,13,17-18H2,1-4H3,(H,35,36,37). The molecule has 1 N–H and O–H groups in total. The van der Waals surface area contributed by atoms with Crippen LogP contribution in [0.1, 0.15) is 48.6 Å². The number of aromatic nitrogens is 3. The van der Waals surface area contributed by atoms with Crippen molar-refractivity contribution in [1.29, 1.82) is 0 Å². The predicted molar refractivity (Wildman–Crippen MR) is 173 cm³/mol. The lowest BCUT2D eigenvalue weighted by Gasteiger charge is -2.28. The van der Waals surface area contributed by atoms with Crippen LogP contribution in [0.4, 0.5) is 5.95 Å². The molecule has 11 heteroatoms. The Balaban J connectivity index is 1.51. The number of carbonyl (C=O) groups is 1. The van der Waals surface area contributed by atoms with E-state index in [9.17, 15) is 4.79 Å². The monoisotopic (exact) mass is 682 g/mol. The smallest absolute Gasteiger partial charge is 0.338 e. The average molecular weight is 684 g/mol. The fourth-order valence-electron chi connectivity index (χ4n) is 4.79. The van der Waals surface area contributed by atoms with Gasteiger partial charge in [0, 0.05) is 16.5 Å². The van der Waals surface area contributed by atoms with Crippen LogP contribution in [-0.4, -0.2) is 34.5 Å². The Kier molecular flexibility index (Phi) is 10.00. The molecule has 1 aliphatic heterocycles. The van der Waals surface area contributed by atoms with Gasteiger partial charge in [-0.15, -0.1) is 5.10 Å². The third-order valence-electron chi connectivity index (χ3n) is 6.84. The number of methoxy groups -OCH3 is 1. The third-order valence-corrected chi connectivity index (χ3v) is 8.68. The zero-order chi connectivity index (χ0) is 30.5. The molecule has 5 rings (SSSR count). The van der Waals surface area contributed by atoms with Gasteiger partial charge in [0.1, 0.15) is 12.6 Å². The lowest BCUT2D eigenvalue weighted by atomic mass is 9.95. The van der Waals surface area contributed by atoms with Crippen molar-refractivity contribution in [3.05, 3.63) is 104 Å². The number of ether oxygens (including phenoxy) is 3. The highest BCUT2D eigenvalue weighted by atomic mass is 79.9. The van der Waals surface area contributed by atoms with Crippen LogP contribution < -0.4 is 14.8 Å². The first-order chi connectivity index (χ1) is 20.8. The zero-order valence-corrected chi connectivity index (χ0v) is 27.5. The van der Waals surface area contributed by atoms with Crippen LogP contribution in [0.2, 0.25) is 5.02 Å². The summed E-state index contributed by atoms with van der Waals surface area (Å²) in [5.74, 6) is 1.78. The zero-order valence-electron chi connectivity index (χ0n) is 24.3. The number of benzene rings is 3. The van der Waals surface area contributed by atoms with Gasteiger partial charge in [-0.25, -0.2) is 9.48 Å². The lowest BCUT2D eigenvalue weighted by Crippen LogP contribution is -2.30.